The highest BCUT2D eigenvalue weighted by molar-refractivity contribution is 7.99. The fourth-order valence-electron chi connectivity index (χ4n) is 3.24. The molecule has 4 aromatic rings. The van der Waals surface area contributed by atoms with Crippen molar-refractivity contribution in [3.8, 4) is 0 Å². The summed E-state index contributed by atoms with van der Waals surface area (Å²) in [6.45, 7) is 0. The van der Waals surface area contributed by atoms with E-state index in [4.69, 9.17) is 0 Å². The Morgan fingerprint density at radius 2 is 1.47 bits per heavy atom. The van der Waals surface area contributed by atoms with Crippen LogP contribution in [0, 0.1) is 0 Å². The molecule has 0 spiro atoms. The van der Waals surface area contributed by atoms with E-state index in [0.29, 0.717) is 23.5 Å². The van der Waals surface area contributed by atoms with E-state index in [2.05, 4.69) is 10.0 Å². The zero-order valence-corrected chi connectivity index (χ0v) is 18.8. The Bertz CT molecular complexity index is 1320. The number of benzene rings is 4. The Kier molecular flexibility index (Phi) is 6.78. The molecule has 0 aliphatic carbocycles. The van der Waals surface area contributed by atoms with Gasteiger partial charge in [-0.1, -0.05) is 54.6 Å². The summed E-state index contributed by atoms with van der Waals surface area (Å²) in [6, 6.07) is 29.2. The molecule has 162 valence electrons. The number of hydrogen-bond donors (Lipinski definition) is 2. The van der Waals surface area contributed by atoms with Crippen LogP contribution in [0.4, 0.5) is 11.4 Å². The first kappa shape index (κ1) is 21.9. The first-order valence-electron chi connectivity index (χ1n) is 10.1. The van der Waals surface area contributed by atoms with Gasteiger partial charge in [0.15, 0.2) is 0 Å². The first-order chi connectivity index (χ1) is 15.5. The maximum Gasteiger partial charge on any atom is 0.261 e. The van der Waals surface area contributed by atoms with E-state index in [1.807, 2.05) is 66.7 Å². The minimum atomic E-state index is -3.76. The monoisotopic (exact) mass is 462 g/mol. The molecule has 0 aromatic heterocycles. The number of thioether (sulfide) groups is 1. The number of amides is 1. The normalized spacial score (nSPS) is 11.2. The third-order valence-electron chi connectivity index (χ3n) is 4.82. The third-order valence-corrected chi connectivity index (χ3v) is 7.22. The van der Waals surface area contributed by atoms with Crippen molar-refractivity contribution in [1.29, 1.82) is 0 Å². The van der Waals surface area contributed by atoms with Crippen LogP contribution in [0.25, 0.3) is 10.8 Å². The fourth-order valence-corrected chi connectivity index (χ4v) is 5.19. The van der Waals surface area contributed by atoms with Gasteiger partial charge >= 0.3 is 0 Å². The van der Waals surface area contributed by atoms with Gasteiger partial charge in [-0.2, -0.15) is 0 Å². The van der Waals surface area contributed by atoms with Crippen molar-refractivity contribution >= 4 is 49.8 Å². The second-order valence-electron chi connectivity index (χ2n) is 7.12. The lowest BCUT2D eigenvalue weighted by Gasteiger charge is -2.11. The molecular formula is C25H22N2O3S2. The van der Waals surface area contributed by atoms with Crippen LogP contribution < -0.4 is 10.0 Å². The predicted octanol–water partition coefficient (Wildman–Crippen LogP) is 5.76. The number of anilines is 2. The van der Waals surface area contributed by atoms with E-state index < -0.39 is 10.0 Å². The fraction of sp³-hybridized carbons (Fsp3) is 0.0800. The summed E-state index contributed by atoms with van der Waals surface area (Å²) in [7, 11) is -3.76. The van der Waals surface area contributed by atoms with Gasteiger partial charge in [0.1, 0.15) is 0 Å². The van der Waals surface area contributed by atoms with Crippen LogP contribution >= 0.6 is 11.8 Å². The average Bonchev–Trinajstić information content (AvgIpc) is 2.80. The van der Waals surface area contributed by atoms with Crippen molar-refractivity contribution in [3.05, 3.63) is 97.1 Å². The maximum absolute atomic E-state index is 12.9. The second-order valence-corrected chi connectivity index (χ2v) is 9.97. The van der Waals surface area contributed by atoms with Crippen molar-refractivity contribution in [2.45, 2.75) is 16.2 Å². The largest absolute Gasteiger partial charge is 0.326 e. The SMILES string of the molecule is O=C(CCSc1ccccc1)Nc1ccc(S(=O)(=O)Nc2cccc3ccccc23)cc1. The van der Waals surface area contributed by atoms with E-state index in [-0.39, 0.29) is 10.8 Å². The Labute approximate surface area is 191 Å². The number of fused-ring (bicyclic) bond motifs is 1. The van der Waals surface area contributed by atoms with Crippen LogP contribution in [0.5, 0.6) is 0 Å². The van der Waals surface area contributed by atoms with Gasteiger partial charge in [-0.3, -0.25) is 9.52 Å². The second kappa shape index (κ2) is 9.89. The molecule has 2 N–H and O–H groups in total. The van der Waals surface area contributed by atoms with Crippen LogP contribution in [0.15, 0.2) is 107 Å². The zero-order valence-electron chi connectivity index (χ0n) is 17.2. The standard InChI is InChI=1S/C25H22N2O3S2/c28-25(17-18-31-21-9-2-1-3-10-21)26-20-13-15-22(16-14-20)32(29,30)27-24-12-6-8-19-7-4-5-11-23(19)24/h1-16,27H,17-18H2,(H,26,28). The van der Waals surface area contributed by atoms with Gasteiger partial charge in [0.05, 0.1) is 10.6 Å². The van der Waals surface area contributed by atoms with Gasteiger partial charge in [-0.15, -0.1) is 11.8 Å². The summed E-state index contributed by atoms with van der Waals surface area (Å²) < 4.78 is 28.4. The molecule has 0 bridgehead atoms. The number of rotatable bonds is 8. The molecule has 1 amide bonds. The number of sulfonamides is 1. The lowest BCUT2D eigenvalue weighted by molar-refractivity contribution is -0.115. The molecule has 0 saturated carbocycles. The molecule has 4 rings (SSSR count). The van der Waals surface area contributed by atoms with Gasteiger partial charge in [-0.25, -0.2) is 8.42 Å². The molecule has 0 radical (unpaired) electrons. The molecule has 7 heteroatoms. The molecule has 4 aromatic carbocycles. The van der Waals surface area contributed by atoms with Gasteiger partial charge in [-0.05, 0) is 47.9 Å². The average molecular weight is 463 g/mol. The van der Waals surface area contributed by atoms with E-state index in [1.165, 1.54) is 12.1 Å². The molecule has 32 heavy (non-hydrogen) atoms. The van der Waals surface area contributed by atoms with E-state index in [9.17, 15) is 13.2 Å². The number of nitrogens with one attached hydrogen (secondary N) is 2. The van der Waals surface area contributed by atoms with Crippen LogP contribution in [-0.2, 0) is 14.8 Å². The Hall–Kier alpha value is -3.29. The lowest BCUT2D eigenvalue weighted by atomic mass is 10.1. The minimum Gasteiger partial charge on any atom is -0.326 e. The summed E-state index contributed by atoms with van der Waals surface area (Å²) in [5, 5.41) is 4.60. The smallest absolute Gasteiger partial charge is 0.261 e. The number of hydrogen-bond acceptors (Lipinski definition) is 4. The Balaban J connectivity index is 1.37. The summed E-state index contributed by atoms with van der Waals surface area (Å²) in [5.74, 6) is 0.551. The maximum atomic E-state index is 12.9. The highest BCUT2D eigenvalue weighted by Crippen LogP contribution is 2.26. The van der Waals surface area contributed by atoms with E-state index in [0.717, 1.165) is 15.7 Å². The van der Waals surface area contributed by atoms with Crippen LogP contribution in [-0.4, -0.2) is 20.1 Å². The van der Waals surface area contributed by atoms with Gasteiger partial charge in [0.25, 0.3) is 10.0 Å². The molecule has 0 unspecified atom stereocenters. The van der Waals surface area contributed by atoms with E-state index in [1.54, 1.807) is 30.0 Å². The van der Waals surface area contributed by atoms with Crippen molar-refractivity contribution in [3.63, 3.8) is 0 Å². The summed E-state index contributed by atoms with van der Waals surface area (Å²) in [6.07, 6.45) is 0.363. The Morgan fingerprint density at radius 3 is 2.25 bits per heavy atom. The molecule has 0 fully saturated rings. The van der Waals surface area contributed by atoms with Crippen molar-refractivity contribution in [2.75, 3.05) is 15.8 Å². The van der Waals surface area contributed by atoms with Crippen LogP contribution in [0.1, 0.15) is 6.42 Å². The first-order valence-corrected chi connectivity index (χ1v) is 12.6. The van der Waals surface area contributed by atoms with Gasteiger partial charge < -0.3 is 5.32 Å². The highest BCUT2D eigenvalue weighted by Gasteiger charge is 2.15. The molecule has 0 heterocycles. The van der Waals surface area contributed by atoms with Gasteiger partial charge in [0, 0.05) is 28.1 Å². The Morgan fingerprint density at radius 1 is 0.781 bits per heavy atom. The summed E-state index contributed by atoms with van der Waals surface area (Å²) in [5.41, 5.74) is 1.08. The van der Waals surface area contributed by atoms with Crippen LogP contribution in [0.3, 0.4) is 0 Å². The molecule has 0 atom stereocenters. The minimum absolute atomic E-state index is 0.113. The van der Waals surface area contributed by atoms with Crippen molar-refractivity contribution < 1.29 is 13.2 Å². The van der Waals surface area contributed by atoms with Crippen molar-refractivity contribution in [2.24, 2.45) is 0 Å². The van der Waals surface area contributed by atoms with Gasteiger partial charge in [0.2, 0.25) is 5.91 Å². The third kappa shape index (κ3) is 5.49. The highest BCUT2D eigenvalue weighted by atomic mass is 32.2. The molecular weight excluding hydrogens is 440 g/mol. The predicted molar refractivity (Wildman–Crippen MR) is 132 cm³/mol. The number of carbonyl (C=O) groups is 1. The summed E-state index contributed by atoms with van der Waals surface area (Å²) >= 11 is 1.62. The zero-order chi connectivity index (χ0) is 22.4. The molecule has 5 nitrogen and oxygen atoms in total. The molecule has 0 aliphatic rings. The van der Waals surface area contributed by atoms with Crippen molar-refractivity contribution in [1.82, 2.24) is 0 Å². The topological polar surface area (TPSA) is 75.3 Å². The van der Waals surface area contributed by atoms with Crippen LogP contribution in [0.2, 0.25) is 0 Å². The van der Waals surface area contributed by atoms with E-state index >= 15 is 0 Å². The summed E-state index contributed by atoms with van der Waals surface area (Å²) in [4.78, 5) is 13.4. The quantitative estimate of drug-likeness (QED) is 0.326. The number of carbonyl (C=O) groups excluding carboxylic acids is 1. The lowest BCUT2D eigenvalue weighted by Crippen LogP contribution is -2.14. The molecule has 0 aliphatic heterocycles. The molecule has 0 saturated heterocycles.